The van der Waals surface area contributed by atoms with Crippen LogP contribution in [0.3, 0.4) is 0 Å². The molecular weight excluding hydrogens is 441 g/mol. The summed E-state index contributed by atoms with van der Waals surface area (Å²) in [5.41, 5.74) is 2.49. The van der Waals surface area contributed by atoms with Crippen molar-refractivity contribution in [2.24, 2.45) is 0 Å². The molecule has 0 saturated carbocycles. The van der Waals surface area contributed by atoms with Crippen molar-refractivity contribution < 1.29 is 4.39 Å². The Morgan fingerprint density at radius 1 is 1.12 bits per heavy atom. The van der Waals surface area contributed by atoms with Crippen LogP contribution in [0, 0.1) is 5.82 Å². The van der Waals surface area contributed by atoms with Crippen LogP contribution in [0.25, 0.3) is 15.9 Å². The SMILES string of the molecule is CC(C)N1CCc2c(sc3nc(SCc4ccccc4F)n(-c4ccccc4)c(=O)c23)C1. The van der Waals surface area contributed by atoms with E-state index < -0.39 is 0 Å². The molecule has 0 spiro atoms. The van der Waals surface area contributed by atoms with Gasteiger partial charge in [0.2, 0.25) is 0 Å². The van der Waals surface area contributed by atoms with Gasteiger partial charge in [0.1, 0.15) is 10.6 Å². The second kappa shape index (κ2) is 8.81. The third kappa shape index (κ3) is 3.89. The lowest BCUT2D eigenvalue weighted by atomic mass is 10.0. The van der Waals surface area contributed by atoms with Crippen LogP contribution in [0.1, 0.15) is 29.9 Å². The maximum Gasteiger partial charge on any atom is 0.267 e. The number of aromatic nitrogens is 2. The smallest absolute Gasteiger partial charge is 0.267 e. The van der Waals surface area contributed by atoms with Crippen LogP contribution in [-0.2, 0) is 18.7 Å². The molecule has 1 aliphatic heterocycles. The molecule has 2 aromatic carbocycles. The molecule has 0 unspecified atom stereocenters. The van der Waals surface area contributed by atoms with Crippen molar-refractivity contribution >= 4 is 33.3 Å². The predicted octanol–water partition coefficient (Wildman–Crippen LogP) is 5.65. The first kappa shape index (κ1) is 21.4. The van der Waals surface area contributed by atoms with Crippen molar-refractivity contribution in [1.82, 2.24) is 14.5 Å². The lowest BCUT2D eigenvalue weighted by molar-refractivity contribution is 0.206. The number of fused-ring (bicyclic) bond motifs is 3. The molecule has 4 aromatic rings. The Balaban J connectivity index is 1.64. The molecule has 0 saturated heterocycles. The summed E-state index contributed by atoms with van der Waals surface area (Å²) >= 11 is 3.02. The number of hydrogen-bond acceptors (Lipinski definition) is 5. The number of para-hydroxylation sites is 1. The van der Waals surface area contributed by atoms with E-state index in [1.807, 2.05) is 36.4 Å². The molecule has 0 radical (unpaired) electrons. The van der Waals surface area contributed by atoms with Gasteiger partial charge in [0, 0.05) is 29.8 Å². The average Bonchev–Trinajstić information content (AvgIpc) is 3.17. The molecule has 7 heteroatoms. The molecule has 1 aliphatic rings. The molecule has 164 valence electrons. The van der Waals surface area contributed by atoms with Crippen molar-refractivity contribution in [2.75, 3.05) is 6.54 Å². The minimum absolute atomic E-state index is 0.0345. The Hall–Kier alpha value is -2.48. The highest BCUT2D eigenvalue weighted by molar-refractivity contribution is 7.98. The standard InChI is InChI=1S/C25H24FN3OS2/c1-16(2)28-13-12-19-21(14-28)32-23-22(19)24(30)29(18-9-4-3-5-10-18)25(27-23)31-15-17-8-6-7-11-20(17)26/h3-11,16H,12-15H2,1-2H3. The average molecular weight is 466 g/mol. The normalized spacial score (nSPS) is 14.2. The summed E-state index contributed by atoms with van der Waals surface area (Å²) in [5.74, 6) is 0.166. The van der Waals surface area contributed by atoms with E-state index in [2.05, 4.69) is 18.7 Å². The summed E-state index contributed by atoms with van der Waals surface area (Å²) in [6, 6.07) is 16.8. The van der Waals surface area contributed by atoms with Gasteiger partial charge >= 0.3 is 0 Å². The number of benzene rings is 2. The van der Waals surface area contributed by atoms with Crippen LogP contribution in [0.4, 0.5) is 4.39 Å². The van der Waals surface area contributed by atoms with Crippen LogP contribution >= 0.6 is 23.1 Å². The highest BCUT2D eigenvalue weighted by Crippen LogP contribution is 2.35. The van der Waals surface area contributed by atoms with Gasteiger partial charge in [-0.25, -0.2) is 9.37 Å². The van der Waals surface area contributed by atoms with Gasteiger partial charge in [-0.05, 0) is 49.6 Å². The van der Waals surface area contributed by atoms with E-state index in [0.29, 0.717) is 22.5 Å². The third-order valence-electron chi connectivity index (χ3n) is 5.93. The molecule has 3 heterocycles. The van der Waals surface area contributed by atoms with E-state index in [9.17, 15) is 9.18 Å². The van der Waals surface area contributed by atoms with Crippen molar-refractivity contribution in [1.29, 1.82) is 0 Å². The summed E-state index contributed by atoms with van der Waals surface area (Å²) in [6.07, 6.45) is 0.862. The summed E-state index contributed by atoms with van der Waals surface area (Å²) < 4.78 is 15.9. The van der Waals surface area contributed by atoms with Gasteiger partial charge in [0.25, 0.3) is 5.56 Å². The van der Waals surface area contributed by atoms with Gasteiger partial charge in [-0.2, -0.15) is 0 Å². The first-order chi connectivity index (χ1) is 15.5. The molecular formula is C25H24FN3OS2. The number of halogens is 1. The first-order valence-electron chi connectivity index (χ1n) is 10.8. The van der Waals surface area contributed by atoms with E-state index >= 15 is 0 Å². The zero-order chi connectivity index (χ0) is 22.2. The van der Waals surface area contributed by atoms with Gasteiger partial charge in [0.15, 0.2) is 5.16 Å². The van der Waals surface area contributed by atoms with Crippen molar-refractivity contribution in [3.8, 4) is 5.69 Å². The van der Waals surface area contributed by atoms with Crippen LogP contribution in [0.2, 0.25) is 0 Å². The van der Waals surface area contributed by atoms with Gasteiger partial charge in [0.05, 0.1) is 11.1 Å². The molecule has 0 N–H and O–H groups in total. The molecule has 0 fully saturated rings. The van der Waals surface area contributed by atoms with E-state index in [-0.39, 0.29) is 11.4 Å². The van der Waals surface area contributed by atoms with Crippen molar-refractivity contribution in [2.45, 2.75) is 43.8 Å². The lowest BCUT2D eigenvalue weighted by Crippen LogP contribution is -2.35. The topological polar surface area (TPSA) is 38.1 Å². The highest BCUT2D eigenvalue weighted by atomic mass is 32.2. The first-order valence-corrected chi connectivity index (χ1v) is 12.6. The van der Waals surface area contributed by atoms with Crippen molar-refractivity contribution in [3.05, 3.63) is 86.8 Å². The van der Waals surface area contributed by atoms with Crippen LogP contribution < -0.4 is 5.56 Å². The van der Waals surface area contributed by atoms with Crippen LogP contribution in [0.5, 0.6) is 0 Å². The van der Waals surface area contributed by atoms with E-state index in [4.69, 9.17) is 4.98 Å². The fourth-order valence-corrected chi connectivity index (χ4v) is 6.43. The monoisotopic (exact) mass is 465 g/mol. The fourth-order valence-electron chi connectivity index (χ4n) is 4.14. The number of rotatable bonds is 5. The molecule has 2 aromatic heterocycles. The number of thiophene rings is 1. The second-order valence-electron chi connectivity index (χ2n) is 8.25. The van der Waals surface area contributed by atoms with Gasteiger partial charge in [-0.1, -0.05) is 48.2 Å². The quantitative estimate of drug-likeness (QED) is 0.282. The molecule has 0 aliphatic carbocycles. The second-order valence-corrected chi connectivity index (χ2v) is 10.3. The minimum Gasteiger partial charge on any atom is -0.296 e. The number of thioether (sulfide) groups is 1. The Labute approximate surface area is 194 Å². The van der Waals surface area contributed by atoms with Gasteiger partial charge < -0.3 is 0 Å². The van der Waals surface area contributed by atoms with Crippen LogP contribution in [-0.4, -0.2) is 27.0 Å². The Morgan fingerprint density at radius 2 is 1.88 bits per heavy atom. The van der Waals surface area contributed by atoms with E-state index in [1.54, 1.807) is 28.0 Å². The van der Waals surface area contributed by atoms with Gasteiger partial charge in [-0.15, -0.1) is 11.3 Å². The lowest BCUT2D eigenvalue weighted by Gasteiger charge is -2.30. The third-order valence-corrected chi connectivity index (χ3v) is 8.03. The molecule has 0 bridgehead atoms. The molecule has 4 nitrogen and oxygen atoms in total. The van der Waals surface area contributed by atoms with E-state index in [1.165, 1.54) is 22.7 Å². The number of nitrogens with zero attached hydrogens (tertiary/aromatic N) is 3. The maximum atomic E-state index is 14.2. The molecule has 5 rings (SSSR count). The Kier molecular flexibility index (Phi) is 5.88. The largest absolute Gasteiger partial charge is 0.296 e. The summed E-state index contributed by atoms with van der Waals surface area (Å²) in [4.78, 5) is 23.2. The Morgan fingerprint density at radius 3 is 2.62 bits per heavy atom. The molecule has 0 atom stereocenters. The summed E-state index contributed by atoms with van der Waals surface area (Å²) in [7, 11) is 0. The summed E-state index contributed by atoms with van der Waals surface area (Å²) in [5, 5.41) is 1.34. The number of hydrogen-bond donors (Lipinski definition) is 0. The molecule has 32 heavy (non-hydrogen) atoms. The zero-order valence-electron chi connectivity index (χ0n) is 18.0. The minimum atomic E-state index is -0.241. The van der Waals surface area contributed by atoms with Gasteiger partial charge in [-0.3, -0.25) is 14.3 Å². The van der Waals surface area contributed by atoms with Crippen molar-refractivity contribution in [3.63, 3.8) is 0 Å². The summed E-state index contributed by atoms with van der Waals surface area (Å²) in [6.45, 7) is 6.22. The van der Waals surface area contributed by atoms with E-state index in [0.717, 1.165) is 41.0 Å². The van der Waals surface area contributed by atoms with Crippen LogP contribution in [0.15, 0.2) is 64.5 Å². The zero-order valence-corrected chi connectivity index (χ0v) is 19.7. The predicted molar refractivity (Wildman–Crippen MR) is 130 cm³/mol. The molecule has 0 amide bonds. The fraction of sp³-hybridized carbons (Fsp3) is 0.280. The Bertz CT molecular complexity index is 1330. The highest BCUT2D eigenvalue weighted by Gasteiger charge is 2.26. The maximum absolute atomic E-state index is 14.2.